The molecule has 24 heavy (non-hydrogen) atoms. The van der Waals surface area contributed by atoms with Gasteiger partial charge in [0.25, 0.3) is 0 Å². The fraction of sp³-hybridized carbons (Fsp3) is 0.444. The molecule has 0 unspecified atom stereocenters. The van der Waals surface area contributed by atoms with Gasteiger partial charge in [-0.1, -0.05) is 6.07 Å². The lowest BCUT2D eigenvalue weighted by Crippen LogP contribution is -2.37. The quantitative estimate of drug-likeness (QED) is 0.939. The molecule has 0 spiro atoms. The molecule has 126 valence electrons. The molecule has 2 aromatic rings. The van der Waals surface area contributed by atoms with Crippen molar-refractivity contribution in [1.82, 2.24) is 19.9 Å². The van der Waals surface area contributed by atoms with Gasteiger partial charge in [0.05, 0.1) is 0 Å². The summed E-state index contributed by atoms with van der Waals surface area (Å²) in [5, 5.41) is 3.19. The Balaban J connectivity index is 1.77. The summed E-state index contributed by atoms with van der Waals surface area (Å²) < 4.78 is 0. The molecule has 1 amide bonds. The highest BCUT2D eigenvalue weighted by Crippen LogP contribution is 2.26. The summed E-state index contributed by atoms with van der Waals surface area (Å²) in [6.07, 6.45) is 2.07. The third kappa shape index (κ3) is 3.88. The van der Waals surface area contributed by atoms with E-state index in [0.717, 1.165) is 48.8 Å². The molecule has 1 atom stereocenters. The molecule has 1 saturated heterocycles. The van der Waals surface area contributed by atoms with Crippen LogP contribution in [-0.2, 0) is 4.79 Å². The van der Waals surface area contributed by atoms with Gasteiger partial charge >= 0.3 is 0 Å². The van der Waals surface area contributed by atoms with E-state index in [1.54, 1.807) is 6.92 Å². The Morgan fingerprint density at radius 3 is 2.67 bits per heavy atom. The van der Waals surface area contributed by atoms with E-state index in [2.05, 4.69) is 15.3 Å². The fourth-order valence-corrected chi connectivity index (χ4v) is 3.15. The van der Waals surface area contributed by atoms with Crippen LogP contribution in [-0.4, -0.2) is 38.8 Å². The number of piperidine rings is 1. The van der Waals surface area contributed by atoms with Gasteiger partial charge in [-0.25, -0.2) is 15.0 Å². The van der Waals surface area contributed by atoms with Crippen molar-refractivity contribution >= 4 is 17.7 Å². The SMILES string of the molecule is CC(=O)N1CCC[C@H](c2cccc(Nc3nc(C)cc(C)n3)n2)C1. The first-order valence-corrected chi connectivity index (χ1v) is 8.33. The van der Waals surface area contributed by atoms with Crippen LogP contribution in [0.15, 0.2) is 24.3 Å². The standard InChI is InChI=1S/C18H23N5O/c1-12-10-13(2)20-18(19-12)22-17-8-4-7-16(21-17)15-6-5-9-23(11-15)14(3)24/h4,7-8,10,15H,5-6,9,11H2,1-3H3,(H,19,20,21,22)/t15-/m0/s1. The molecule has 3 heterocycles. The van der Waals surface area contributed by atoms with E-state index in [4.69, 9.17) is 4.98 Å². The first kappa shape index (κ1) is 16.4. The third-order valence-electron chi connectivity index (χ3n) is 4.28. The van der Waals surface area contributed by atoms with Crippen molar-refractivity contribution in [3.05, 3.63) is 41.3 Å². The Morgan fingerprint density at radius 1 is 1.21 bits per heavy atom. The van der Waals surface area contributed by atoms with E-state index in [0.29, 0.717) is 5.95 Å². The van der Waals surface area contributed by atoms with E-state index in [1.165, 1.54) is 0 Å². The molecule has 1 N–H and O–H groups in total. The van der Waals surface area contributed by atoms with Crippen LogP contribution in [0.2, 0.25) is 0 Å². The summed E-state index contributed by atoms with van der Waals surface area (Å²) in [6, 6.07) is 7.87. The Kier molecular flexibility index (Phi) is 4.74. The van der Waals surface area contributed by atoms with Crippen molar-refractivity contribution < 1.29 is 4.79 Å². The molecule has 0 aromatic carbocycles. The zero-order chi connectivity index (χ0) is 17.1. The molecule has 2 aromatic heterocycles. The second-order valence-electron chi connectivity index (χ2n) is 6.35. The van der Waals surface area contributed by atoms with Gasteiger partial charge in [-0.05, 0) is 44.9 Å². The first-order chi connectivity index (χ1) is 11.5. The molecule has 6 nitrogen and oxygen atoms in total. The molecule has 0 aliphatic carbocycles. The third-order valence-corrected chi connectivity index (χ3v) is 4.28. The number of carbonyl (C=O) groups is 1. The number of nitrogens with one attached hydrogen (secondary N) is 1. The van der Waals surface area contributed by atoms with Crippen LogP contribution in [0.1, 0.15) is 42.8 Å². The summed E-state index contributed by atoms with van der Waals surface area (Å²) in [5.74, 6) is 1.71. The van der Waals surface area contributed by atoms with Gasteiger partial charge in [0.2, 0.25) is 11.9 Å². The predicted octanol–water partition coefficient (Wildman–Crippen LogP) is 2.96. The summed E-state index contributed by atoms with van der Waals surface area (Å²) in [6.45, 7) is 7.11. The number of rotatable bonds is 3. The number of anilines is 2. The summed E-state index contributed by atoms with van der Waals surface area (Å²) in [4.78, 5) is 27.0. The number of pyridine rings is 1. The number of aromatic nitrogens is 3. The normalized spacial score (nSPS) is 17.6. The molecule has 3 rings (SSSR count). The maximum absolute atomic E-state index is 11.6. The number of aryl methyl sites for hydroxylation is 2. The van der Waals surface area contributed by atoms with Gasteiger partial charge in [-0.15, -0.1) is 0 Å². The number of likely N-dealkylation sites (tertiary alicyclic amines) is 1. The van der Waals surface area contributed by atoms with Gasteiger partial charge in [-0.2, -0.15) is 0 Å². The van der Waals surface area contributed by atoms with Gasteiger partial charge in [0.1, 0.15) is 5.82 Å². The molecule has 0 saturated carbocycles. The van der Waals surface area contributed by atoms with E-state index in [9.17, 15) is 4.79 Å². The lowest BCUT2D eigenvalue weighted by Gasteiger charge is -2.31. The number of nitrogens with zero attached hydrogens (tertiary/aromatic N) is 4. The largest absolute Gasteiger partial charge is 0.342 e. The second kappa shape index (κ2) is 6.95. The van der Waals surface area contributed by atoms with Crippen LogP contribution in [0.5, 0.6) is 0 Å². The van der Waals surface area contributed by atoms with Gasteiger partial charge in [0, 0.05) is 43.0 Å². The Labute approximate surface area is 142 Å². The minimum absolute atomic E-state index is 0.137. The number of carbonyl (C=O) groups excluding carboxylic acids is 1. The first-order valence-electron chi connectivity index (χ1n) is 8.33. The van der Waals surface area contributed by atoms with E-state index in [1.807, 2.05) is 43.0 Å². The summed E-state index contributed by atoms with van der Waals surface area (Å²) in [7, 11) is 0. The molecule has 1 fully saturated rings. The molecule has 1 aliphatic rings. The van der Waals surface area contributed by atoms with Crippen molar-refractivity contribution in [2.75, 3.05) is 18.4 Å². The minimum atomic E-state index is 0.137. The van der Waals surface area contributed by atoms with Crippen LogP contribution < -0.4 is 5.32 Å². The molecule has 1 aliphatic heterocycles. The van der Waals surface area contributed by atoms with Crippen molar-refractivity contribution in [2.24, 2.45) is 0 Å². The highest BCUT2D eigenvalue weighted by molar-refractivity contribution is 5.73. The number of hydrogen-bond donors (Lipinski definition) is 1. The molecule has 0 radical (unpaired) electrons. The topological polar surface area (TPSA) is 71.0 Å². The highest BCUT2D eigenvalue weighted by atomic mass is 16.2. The monoisotopic (exact) mass is 325 g/mol. The summed E-state index contributed by atoms with van der Waals surface area (Å²) in [5.41, 5.74) is 2.85. The van der Waals surface area contributed by atoms with Crippen LogP contribution in [0.3, 0.4) is 0 Å². The van der Waals surface area contributed by atoms with Crippen LogP contribution >= 0.6 is 0 Å². The zero-order valence-electron chi connectivity index (χ0n) is 14.4. The van der Waals surface area contributed by atoms with Gasteiger partial charge in [0.15, 0.2) is 0 Å². The molecular weight excluding hydrogens is 302 g/mol. The van der Waals surface area contributed by atoms with E-state index < -0.39 is 0 Å². The van der Waals surface area contributed by atoms with E-state index in [-0.39, 0.29) is 11.8 Å². The van der Waals surface area contributed by atoms with E-state index >= 15 is 0 Å². The van der Waals surface area contributed by atoms with Crippen molar-refractivity contribution in [1.29, 1.82) is 0 Å². The average molecular weight is 325 g/mol. The zero-order valence-corrected chi connectivity index (χ0v) is 14.4. The van der Waals surface area contributed by atoms with Crippen LogP contribution in [0.25, 0.3) is 0 Å². The van der Waals surface area contributed by atoms with Crippen molar-refractivity contribution in [2.45, 2.75) is 39.5 Å². The van der Waals surface area contributed by atoms with Crippen LogP contribution in [0.4, 0.5) is 11.8 Å². The molecule has 0 bridgehead atoms. The molecular formula is C18H23N5O. The number of hydrogen-bond acceptors (Lipinski definition) is 5. The predicted molar refractivity (Wildman–Crippen MR) is 93.3 cm³/mol. The Hall–Kier alpha value is -2.50. The van der Waals surface area contributed by atoms with Crippen molar-refractivity contribution in [3.8, 4) is 0 Å². The Bertz CT molecular complexity index is 726. The van der Waals surface area contributed by atoms with Crippen molar-refractivity contribution in [3.63, 3.8) is 0 Å². The maximum atomic E-state index is 11.6. The summed E-state index contributed by atoms with van der Waals surface area (Å²) >= 11 is 0. The lowest BCUT2D eigenvalue weighted by atomic mass is 9.94. The fourth-order valence-electron chi connectivity index (χ4n) is 3.15. The average Bonchev–Trinajstić information content (AvgIpc) is 2.54. The lowest BCUT2D eigenvalue weighted by molar-refractivity contribution is -0.130. The highest BCUT2D eigenvalue weighted by Gasteiger charge is 2.23. The Morgan fingerprint density at radius 2 is 1.96 bits per heavy atom. The van der Waals surface area contributed by atoms with Gasteiger partial charge in [-0.3, -0.25) is 4.79 Å². The molecule has 6 heteroatoms. The smallest absolute Gasteiger partial charge is 0.228 e. The maximum Gasteiger partial charge on any atom is 0.228 e. The number of amides is 1. The second-order valence-corrected chi connectivity index (χ2v) is 6.35. The minimum Gasteiger partial charge on any atom is -0.342 e. The van der Waals surface area contributed by atoms with Gasteiger partial charge < -0.3 is 10.2 Å². The van der Waals surface area contributed by atoms with Crippen LogP contribution in [0, 0.1) is 13.8 Å².